The van der Waals surface area contributed by atoms with Crippen molar-refractivity contribution in [1.82, 2.24) is 0 Å². The molecule has 0 bridgehead atoms. The molecule has 2 aromatic carbocycles. The van der Waals surface area contributed by atoms with E-state index in [-0.39, 0.29) is 6.23 Å². The van der Waals surface area contributed by atoms with Crippen LogP contribution in [0.2, 0.25) is 0 Å². The molecular weight excluding hydrogens is 254 g/mol. The van der Waals surface area contributed by atoms with Gasteiger partial charge in [-0.15, -0.1) is 0 Å². The summed E-state index contributed by atoms with van der Waals surface area (Å²) in [5, 5.41) is 0. The second-order valence-electron chi connectivity index (χ2n) is 4.63. The number of para-hydroxylation sites is 2. The third kappa shape index (κ3) is 1.84. The molecule has 1 aliphatic rings. The van der Waals surface area contributed by atoms with E-state index in [0.717, 1.165) is 28.5 Å². The minimum absolute atomic E-state index is 0.251. The topological polar surface area (TPSA) is 30.9 Å². The van der Waals surface area contributed by atoms with Crippen LogP contribution in [0.4, 0.5) is 5.69 Å². The molecule has 3 rings (SSSR count). The summed E-state index contributed by atoms with van der Waals surface area (Å²) in [5.74, 6) is 2.39. The lowest BCUT2D eigenvalue weighted by Crippen LogP contribution is -2.23. The molecule has 0 saturated carbocycles. The average Bonchev–Trinajstić information content (AvgIpc) is 2.83. The van der Waals surface area contributed by atoms with Crippen LogP contribution >= 0.6 is 0 Å². The van der Waals surface area contributed by atoms with Gasteiger partial charge in [0.25, 0.3) is 0 Å². The molecule has 0 saturated heterocycles. The molecule has 0 aliphatic carbocycles. The van der Waals surface area contributed by atoms with Crippen LogP contribution in [-0.4, -0.2) is 21.3 Å². The largest absolute Gasteiger partial charge is 0.496 e. The van der Waals surface area contributed by atoms with Gasteiger partial charge in [0.2, 0.25) is 6.23 Å². The first-order valence-corrected chi connectivity index (χ1v) is 6.45. The summed E-state index contributed by atoms with van der Waals surface area (Å²) in [6.45, 7) is 0. The SMILES string of the molecule is COc1cccc(OC)c1C1Oc2ccccc2N1C. The van der Waals surface area contributed by atoms with Crippen molar-refractivity contribution in [2.45, 2.75) is 6.23 Å². The molecule has 4 heteroatoms. The van der Waals surface area contributed by atoms with Gasteiger partial charge in [-0.3, -0.25) is 0 Å². The first-order chi connectivity index (χ1) is 9.76. The summed E-state index contributed by atoms with van der Waals surface area (Å²) in [6.07, 6.45) is -0.251. The highest BCUT2D eigenvalue weighted by atomic mass is 16.5. The van der Waals surface area contributed by atoms with Crippen LogP contribution in [0.5, 0.6) is 17.2 Å². The molecular formula is C16H17NO3. The maximum atomic E-state index is 6.06. The molecule has 20 heavy (non-hydrogen) atoms. The Hall–Kier alpha value is -2.36. The van der Waals surface area contributed by atoms with Crippen molar-refractivity contribution in [3.8, 4) is 17.2 Å². The third-order valence-corrected chi connectivity index (χ3v) is 3.55. The van der Waals surface area contributed by atoms with Crippen LogP contribution in [0.25, 0.3) is 0 Å². The number of nitrogens with zero attached hydrogens (tertiary/aromatic N) is 1. The fraction of sp³-hybridized carbons (Fsp3) is 0.250. The molecule has 2 aromatic rings. The van der Waals surface area contributed by atoms with Gasteiger partial charge in [0.05, 0.1) is 25.5 Å². The molecule has 0 spiro atoms. The Bertz CT molecular complexity index is 605. The molecule has 1 unspecified atom stereocenters. The van der Waals surface area contributed by atoms with Crippen molar-refractivity contribution in [2.24, 2.45) is 0 Å². The van der Waals surface area contributed by atoms with Gasteiger partial charge in [0.1, 0.15) is 17.2 Å². The lowest BCUT2D eigenvalue weighted by Gasteiger charge is -2.24. The van der Waals surface area contributed by atoms with Crippen molar-refractivity contribution < 1.29 is 14.2 Å². The Morgan fingerprint density at radius 1 is 0.950 bits per heavy atom. The van der Waals surface area contributed by atoms with Crippen LogP contribution in [0, 0.1) is 0 Å². The first kappa shape index (κ1) is 12.7. The first-order valence-electron chi connectivity index (χ1n) is 6.45. The number of hydrogen-bond donors (Lipinski definition) is 0. The Balaban J connectivity index is 2.08. The average molecular weight is 271 g/mol. The Morgan fingerprint density at radius 2 is 1.60 bits per heavy atom. The van der Waals surface area contributed by atoms with Gasteiger partial charge >= 0.3 is 0 Å². The zero-order chi connectivity index (χ0) is 14.1. The van der Waals surface area contributed by atoms with E-state index in [1.165, 1.54) is 0 Å². The van der Waals surface area contributed by atoms with Gasteiger partial charge in [0.15, 0.2) is 0 Å². The van der Waals surface area contributed by atoms with Crippen LogP contribution in [-0.2, 0) is 0 Å². The molecule has 0 fully saturated rings. The summed E-state index contributed by atoms with van der Waals surface area (Å²) < 4.78 is 17.0. The summed E-state index contributed by atoms with van der Waals surface area (Å²) in [6, 6.07) is 13.7. The second-order valence-corrected chi connectivity index (χ2v) is 4.63. The van der Waals surface area contributed by atoms with E-state index in [2.05, 4.69) is 4.90 Å². The van der Waals surface area contributed by atoms with Gasteiger partial charge < -0.3 is 19.1 Å². The maximum absolute atomic E-state index is 6.06. The number of ether oxygens (including phenoxy) is 3. The van der Waals surface area contributed by atoms with Crippen molar-refractivity contribution >= 4 is 5.69 Å². The standard InChI is InChI=1S/C16H17NO3/c1-17-11-7-4-5-8-12(11)20-16(17)15-13(18-2)9-6-10-14(15)19-3/h4-10,16H,1-3H3. The van der Waals surface area contributed by atoms with E-state index in [9.17, 15) is 0 Å². The Kier molecular flexibility index (Phi) is 3.14. The zero-order valence-electron chi connectivity index (χ0n) is 11.8. The quantitative estimate of drug-likeness (QED) is 0.857. The van der Waals surface area contributed by atoms with Crippen molar-refractivity contribution in [1.29, 1.82) is 0 Å². The number of benzene rings is 2. The molecule has 1 heterocycles. The molecule has 0 N–H and O–H groups in total. The molecule has 4 nitrogen and oxygen atoms in total. The van der Waals surface area contributed by atoms with Crippen molar-refractivity contribution in [3.05, 3.63) is 48.0 Å². The smallest absolute Gasteiger partial charge is 0.206 e. The van der Waals surface area contributed by atoms with Gasteiger partial charge in [-0.2, -0.15) is 0 Å². The summed E-state index contributed by atoms with van der Waals surface area (Å²) in [5.41, 5.74) is 1.96. The summed E-state index contributed by atoms with van der Waals surface area (Å²) in [4.78, 5) is 2.08. The fourth-order valence-electron chi connectivity index (χ4n) is 2.55. The second kappa shape index (κ2) is 4.96. The van der Waals surface area contributed by atoms with E-state index in [1.807, 2.05) is 49.5 Å². The normalized spacial score (nSPS) is 16.6. The highest BCUT2D eigenvalue weighted by molar-refractivity contribution is 5.64. The van der Waals surface area contributed by atoms with E-state index in [4.69, 9.17) is 14.2 Å². The molecule has 104 valence electrons. The summed E-state index contributed by atoms with van der Waals surface area (Å²) in [7, 11) is 5.31. The monoisotopic (exact) mass is 271 g/mol. The van der Waals surface area contributed by atoms with Crippen LogP contribution in [0.1, 0.15) is 11.8 Å². The number of methoxy groups -OCH3 is 2. The van der Waals surface area contributed by atoms with Crippen LogP contribution < -0.4 is 19.1 Å². The van der Waals surface area contributed by atoms with Gasteiger partial charge in [-0.05, 0) is 24.3 Å². The van der Waals surface area contributed by atoms with Crippen LogP contribution in [0.15, 0.2) is 42.5 Å². The van der Waals surface area contributed by atoms with Crippen LogP contribution in [0.3, 0.4) is 0 Å². The van der Waals surface area contributed by atoms with E-state index >= 15 is 0 Å². The third-order valence-electron chi connectivity index (χ3n) is 3.55. The van der Waals surface area contributed by atoms with Gasteiger partial charge in [-0.1, -0.05) is 18.2 Å². The highest BCUT2D eigenvalue weighted by Gasteiger charge is 2.33. The number of hydrogen-bond acceptors (Lipinski definition) is 4. The number of rotatable bonds is 3. The molecule has 0 amide bonds. The summed E-state index contributed by atoms with van der Waals surface area (Å²) >= 11 is 0. The van der Waals surface area contributed by atoms with E-state index in [0.29, 0.717) is 0 Å². The molecule has 1 aliphatic heterocycles. The highest BCUT2D eigenvalue weighted by Crippen LogP contribution is 2.46. The van der Waals surface area contributed by atoms with Crippen molar-refractivity contribution in [3.63, 3.8) is 0 Å². The van der Waals surface area contributed by atoms with Gasteiger partial charge in [-0.25, -0.2) is 0 Å². The van der Waals surface area contributed by atoms with E-state index < -0.39 is 0 Å². The minimum Gasteiger partial charge on any atom is -0.496 e. The van der Waals surface area contributed by atoms with Crippen molar-refractivity contribution in [2.75, 3.05) is 26.2 Å². The molecule has 0 aromatic heterocycles. The molecule has 0 radical (unpaired) electrons. The predicted molar refractivity (Wildman–Crippen MR) is 77.8 cm³/mol. The Labute approximate surface area is 118 Å². The Morgan fingerprint density at radius 3 is 2.20 bits per heavy atom. The van der Waals surface area contributed by atoms with E-state index in [1.54, 1.807) is 14.2 Å². The number of anilines is 1. The molecule has 1 atom stereocenters. The minimum atomic E-state index is -0.251. The maximum Gasteiger partial charge on any atom is 0.206 e. The lowest BCUT2D eigenvalue weighted by molar-refractivity contribution is 0.222. The zero-order valence-corrected chi connectivity index (χ0v) is 11.8. The lowest BCUT2D eigenvalue weighted by atomic mass is 10.1. The van der Waals surface area contributed by atoms with Gasteiger partial charge in [0, 0.05) is 7.05 Å². The number of fused-ring (bicyclic) bond motifs is 1. The predicted octanol–water partition coefficient (Wildman–Crippen LogP) is 3.23. The fourth-order valence-corrected chi connectivity index (χ4v) is 2.55.